The van der Waals surface area contributed by atoms with Crippen molar-refractivity contribution in [2.45, 2.75) is 12.0 Å². The lowest BCUT2D eigenvalue weighted by Crippen LogP contribution is -2.31. The van der Waals surface area contributed by atoms with E-state index in [4.69, 9.17) is 0 Å². The Kier molecular flexibility index (Phi) is 7.67. The van der Waals surface area contributed by atoms with Crippen LogP contribution in [0.5, 0.6) is 0 Å². The number of hydrogen-bond donors (Lipinski definition) is 0. The van der Waals surface area contributed by atoms with E-state index in [2.05, 4.69) is 228 Å². The second kappa shape index (κ2) is 13.3. The maximum Gasteiger partial charge on any atom is 0.0641 e. The zero-order chi connectivity index (χ0) is 37.0. The first kappa shape index (κ1) is 32.3. The van der Waals surface area contributed by atoms with Gasteiger partial charge in [-0.25, -0.2) is 0 Å². The van der Waals surface area contributed by atoms with Crippen molar-refractivity contribution in [2.24, 2.45) is 0 Å². The lowest BCUT2D eigenvalue weighted by molar-refractivity contribution is 0.722. The van der Waals surface area contributed by atoms with Crippen LogP contribution in [0.25, 0.3) is 44.7 Å². The van der Waals surface area contributed by atoms with Gasteiger partial charge in [0.15, 0.2) is 0 Å². The fraction of sp³-hybridized carbons (Fsp3) is 0.0370. The van der Waals surface area contributed by atoms with Crippen molar-refractivity contribution in [1.29, 1.82) is 0 Å². The maximum absolute atomic E-state index is 2.56. The first-order valence-electron chi connectivity index (χ1n) is 19.5. The average Bonchev–Trinajstić information content (AvgIpc) is 3.62. The van der Waals surface area contributed by atoms with Crippen LogP contribution in [-0.4, -0.2) is 6.04 Å². The van der Waals surface area contributed by atoms with Gasteiger partial charge in [-0.2, -0.15) is 0 Å². The van der Waals surface area contributed by atoms with Crippen molar-refractivity contribution in [1.82, 2.24) is 0 Å². The summed E-state index contributed by atoms with van der Waals surface area (Å²) in [5.41, 5.74) is 17.4. The van der Waals surface area contributed by atoms with Gasteiger partial charge in [-0.15, -0.1) is 0 Å². The Morgan fingerprint density at radius 3 is 1.68 bits per heavy atom. The summed E-state index contributed by atoms with van der Waals surface area (Å²) in [6, 6.07) is 70.6. The van der Waals surface area contributed by atoms with Crippen LogP contribution < -0.4 is 9.80 Å². The second-order valence-corrected chi connectivity index (χ2v) is 14.9. The van der Waals surface area contributed by atoms with E-state index in [1.165, 1.54) is 72.2 Å². The van der Waals surface area contributed by atoms with E-state index in [1.54, 1.807) is 0 Å². The standard InChI is InChI=1S/C54H38N2/c1-4-13-37(14-5-1)39-27-31-45(32-28-39)55(46-33-29-40(30-34-46)38-15-6-2-7-16-38)50-23-12-21-48-47(20-11-22-49(48)50)43-35-42-26-25-41-17-10-24-51-53(41)54(42)52(36-43)56(51)44-18-8-3-9-19-44/h1-36,52,54H. The number of allylic oxidation sites excluding steroid dienone is 3. The molecule has 0 saturated heterocycles. The molecule has 0 bridgehead atoms. The highest BCUT2D eigenvalue weighted by atomic mass is 15.2. The van der Waals surface area contributed by atoms with Crippen LogP contribution in [0.2, 0.25) is 0 Å². The van der Waals surface area contributed by atoms with Gasteiger partial charge in [0.05, 0.1) is 11.7 Å². The van der Waals surface area contributed by atoms with Crippen molar-refractivity contribution in [3.63, 3.8) is 0 Å². The van der Waals surface area contributed by atoms with Gasteiger partial charge in [-0.3, -0.25) is 0 Å². The zero-order valence-corrected chi connectivity index (χ0v) is 30.8. The summed E-state index contributed by atoms with van der Waals surface area (Å²) < 4.78 is 0. The minimum Gasteiger partial charge on any atom is -0.333 e. The van der Waals surface area contributed by atoms with Crippen LogP contribution >= 0.6 is 0 Å². The number of nitrogens with zero attached hydrogens (tertiary/aromatic N) is 2. The van der Waals surface area contributed by atoms with Gasteiger partial charge in [0, 0.05) is 34.1 Å². The van der Waals surface area contributed by atoms with Crippen LogP contribution in [0.15, 0.2) is 218 Å². The summed E-state index contributed by atoms with van der Waals surface area (Å²) in [5.74, 6) is 0.300. The highest BCUT2D eigenvalue weighted by Gasteiger charge is 2.43. The van der Waals surface area contributed by atoms with E-state index < -0.39 is 0 Å². The molecule has 0 N–H and O–H groups in total. The van der Waals surface area contributed by atoms with Gasteiger partial charge in [-0.05, 0) is 104 Å². The first-order chi connectivity index (χ1) is 27.8. The molecule has 8 aromatic carbocycles. The van der Waals surface area contributed by atoms with E-state index >= 15 is 0 Å². The summed E-state index contributed by atoms with van der Waals surface area (Å²) in [5, 5.41) is 2.45. The molecule has 2 unspecified atom stereocenters. The largest absolute Gasteiger partial charge is 0.333 e. The first-order valence-corrected chi connectivity index (χ1v) is 19.5. The molecule has 56 heavy (non-hydrogen) atoms. The highest BCUT2D eigenvalue weighted by Crippen LogP contribution is 2.55. The number of rotatable bonds is 7. The Balaban J connectivity index is 1.05. The fourth-order valence-corrected chi connectivity index (χ4v) is 9.22. The minimum absolute atomic E-state index is 0.176. The molecule has 11 rings (SSSR count). The van der Waals surface area contributed by atoms with E-state index in [-0.39, 0.29) is 6.04 Å². The van der Waals surface area contributed by atoms with Crippen LogP contribution in [0.1, 0.15) is 22.6 Å². The summed E-state index contributed by atoms with van der Waals surface area (Å²) in [7, 11) is 0. The number of benzene rings is 8. The molecule has 8 aromatic rings. The Morgan fingerprint density at radius 1 is 0.446 bits per heavy atom. The molecule has 3 aliphatic rings. The Labute approximate surface area is 328 Å². The normalized spacial score (nSPS) is 16.3. The molecule has 0 saturated carbocycles. The number of fused-ring (bicyclic) bond motifs is 1. The fourth-order valence-electron chi connectivity index (χ4n) is 9.22. The topological polar surface area (TPSA) is 6.48 Å². The molecule has 2 heteroatoms. The van der Waals surface area contributed by atoms with E-state index in [1.807, 2.05) is 0 Å². The van der Waals surface area contributed by atoms with Gasteiger partial charge in [-0.1, -0.05) is 170 Å². The molecule has 2 aliphatic carbocycles. The lowest BCUT2D eigenvalue weighted by atomic mass is 9.76. The third kappa shape index (κ3) is 5.33. The van der Waals surface area contributed by atoms with Crippen molar-refractivity contribution in [3.05, 3.63) is 235 Å². The third-order valence-electron chi connectivity index (χ3n) is 11.8. The Bertz CT molecular complexity index is 2750. The van der Waals surface area contributed by atoms with Gasteiger partial charge in [0.1, 0.15) is 0 Å². The molecular formula is C54H38N2. The molecular weight excluding hydrogens is 677 g/mol. The molecule has 0 amide bonds. The lowest BCUT2D eigenvalue weighted by Gasteiger charge is -2.33. The number of hydrogen-bond acceptors (Lipinski definition) is 2. The molecule has 2 nitrogen and oxygen atoms in total. The molecule has 1 aliphatic heterocycles. The Hall–Kier alpha value is -7.16. The molecule has 264 valence electrons. The number of anilines is 5. The predicted molar refractivity (Wildman–Crippen MR) is 236 cm³/mol. The van der Waals surface area contributed by atoms with Crippen LogP contribution in [0, 0.1) is 0 Å². The number of para-hydroxylation sites is 1. The Morgan fingerprint density at radius 2 is 1.02 bits per heavy atom. The van der Waals surface area contributed by atoms with Crippen molar-refractivity contribution >= 4 is 50.9 Å². The smallest absolute Gasteiger partial charge is 0.0641 e. The summed E-state index contributed by atoms with van der Waals surface area (Å²) in [6.07, 6.45) is 9.62. The maximum atomic E-state index is 2.56. The monoisotopic (exact) mass is 714 g/mol. The van der Waals surface area contributed by atoms with Gasteiger partial charge < -0.3 is 9.80 Å². The summed E-state index contributed by atoms with van der Waals surface area (Å²) in [4.78, 5) is 4.97. The average molecular weight is 715 g/mol. The third-order valence-corrected chi connectivity index (χ3v) is 11.8. The van der Waals surface area contributed by atoms with Gasteiger partial charge >= 0.3 is 0 Å². The predicted octanol–water partition coefficient (Wildman–Crippen LogP) is 14.3. The van der Waals surface area contributed by atoms with Crippen LogP contribution in [0.3, 0.4) is 0 Å². The van der Waals surface area contributed by atoms with E-state index in [0.29, 0.717) is 5.92 Å². The van der Waals surface area contributed by atoms with E-state index in [0.717, 1.165) is 17.1 Å². The van der Waals surface area contributed by atoms with E-state index in [9.17, 15) is 0 Å². The van der Waals surface area contributed by atoms with Crippen LogP contribution in [-0.2, 0) is 0 Å². The second-order valence-electron chi connectivity index (χ2n) is 14.9. The van der Waals surface area contributed by atoms with Gasteiger partial charge in [0.25, 0.3) is 0 Å². The van der Waals surface area contributed by atoms with Crippen LogP contribution in [0.4, 0.5) is 28.4 Å². The molecule has 0 spiro atoms. The van der Waals surface area contributed by atoms with Crippen molar-refractivity contribution in [2.75, 3.05) is 9.80 Å². The van der Waals surface area contributed by atoms with Gasteiger partial charge in [0.2, 0.25) is 0 Å². The molecule has 2 atom stereocenters. The molecule has 0 aromatic heterocycles. The minimum atomic E-state index is 0.176. The SMILES string of the molecule is C1=Cc2cccc3c2C2C1=CC(c1cccc4c(N(c5ccc(-c6ccccc6)cc5)c5ccc(-c6ccccc6)cc5)cccc14)=CC2N3c1ccccc1. The van der Waals surface area contributed by atoms with Crippen molar-refractivity contribution < 1.29 is 0 Å². The molecule has 1 heterocycles. The zero-order valence-electron chi connectivity index (χ0n) is 30.8. The highest BCUT2D eigenvalue weighted by molar-refractivity contribution is 6.05. The molecule has 0 fully saturated rings. The van der Waals surface area contributed by atoms with Crippen molar-refractivity contribution in [3.8, 4) is 22.3 Å². The summed E-state index contributed by atoms with van der Waals surface area (Å²) in [6.45, 7) is 0. The summed E-state index contributed by atoms with van der Waals surface area (Å²) >= 11 is 0. The molecule has 0 radical (unpaired) electrons. The quantitative estimate of drug-likeness (QED) is 0.162.